The van der Waals surface area contributed by atoms with Gasteiger partial charge in [-0.05, 0) is 6.42 Å². The molecule has 0 aliphatic heterocycles. The smallest absolute Gasteiger partial charge is 0.146 e. The number of hydrogen-bond donors (Lipinski definition) is 0. The van der Waals surface area contributed by atoms with Crippen molar-refractivity contribution >= 4 is 0 Å². The fourth-order valence-corrected chi connectivity index (χ4v) is 0.611. The maximum Gasteiger partial charge on any atom is 0.146 e. The van der Waals surface area contributed by atoms with Crippen molar-refractivity contribution in [1.29, 1.82) is 0 Å². The Morgan fingerprint density at radius 1 is 1.25 bits per heavy atom. The van der Waals surface area contributed by atoms with Crippen LogP contribution in [0.25, 0.3) is 0 Å². The molecule has 0 spiro atoms. The predicted molar refractivity (Wildman–Crippen MR) is 50.9 cm³/mol. The van der Waals surface area contributed by atoms with E-state index in [1.807, 2.05) is 24.3 Å². The number of methoxy groups -OCH3 is 1. The second kappa shape index (κ2) is 10.1. The van der Waals surface area contributed by atoms with Crippen LogP contribution in [0.2, 0.25) is 0 Å². The molecule has 0 aromatic heterocycles. The number of rotatable bonds is 7. The normalized spacial score (nSPS) is 11.4. The Morgan fingerprint density at radius 2 is 2.08 bits per heavy atom. The van der Waals surface area contributed by atoms with Gasteiger partial charge in [-0.2, -0.15) is 0 Å². The number of hydrogen-bond acceptors (Lipinski definition) is 2. The van der Waals surface area contributed by atoms with Crippen LogP contribution in [-0.2, 0) is 9.47 Å². The lowest BCUT2D eigenvalue weighted by atomic mass is 10.3. The Morgan fingerprint density at radius 3 is 2.75 bits per heavy atom. The van der Waals surface area contributed by atoms with Gasteiger partial charge in [0.05, 0.1) is 6.61 Å². The summed E-state index contributed by atoms with van der Waals surface area (Å²) in [7, 11) is 1.61. The minimum Gasteiger partial charge on any atom is -0.359 e. The van der Waals surface area contributed by atoms with Crippen LogP contribution in [0.4, 0.5) is 0 Å². The Balaban J connectivity index is 3.13. The number of ether oxygens (including phenoxy) is 2. The molecule has 0 heterocycles. The van der Waals surface area contributed by atoms with Crippen LogP contribution in [0.5, 0.6) is 0 Å². The molecule has 0 aromatic rings. The van der Waals surface area contributed by atoms with Crippen molar-refractivity contribution in [3.63, 3.8) is 0 Å². The molecule has 2 nitrogen and oxygen atoms in total. The first-order valence-corrected chi connectivity index (χ1v) is 3.92. The summed E-state index contributed by atoms with van der Waals surface area (Å²) in [6.07, 6.45) is 10.5. The van der Waals surface area contributed by atoms with Gasteiger partial charge in [-0.25, -0.2) is 0 Å². The van der Waals surface area contributed by atoms with Gasteiger partial charge in [-0.1, -0.05) is 37.0 Å². The highest BCUT2D eigenvalue weighted by Gasteiger charge is 1.80. The summed E-state index contributed by atoms with van der Waals surface area (Å²) in [4.78, 5) is 0. The molecule has 0 radical (unpaired) electrons. The summed E-state index contributed by atoms with van der Waals surface area (Å²) in [5.74, 6) is 0. The van der Waals surface area contributed by atoms with Gasteiger partial charge in [0.1, 0.15) is 6.79 Å². The summed E-state index contributed by atoms with van der Waals surface area (Å²) in [5, 5.41) is 0. The third kappa shape index (κ3) is 9.14. The average molecular weight is 168 g/mol. The SMILES string of the molecule is C=C/C=C\C=C/CCOCOC. The molecule has 0 rings (SSSR count). The molecule has 2 heteroatoms. The molecule has 12 heavy (non-hydrogen) atoms. The second-order valence-electron chi connectivity index (χ2n) is 2.15. The van der Waals surface area contributed by atoms with E-state index >= 15 is 0 Å². The quantitative estimate of drug-likeness (QED) is 0.330. The van der Waals surface area contributed by atoms with Gasteiger partial charge >= 0.3 is 0 Å². The van der Waals surface area contributed by atoms with Gasteiger partial charge in [0.2, 0.25) is 0 Å². The van der Waals surface area contributed by atoms with Gasteiger partial charge in [0, 0.05) is 7.11 Å². The highest BCUT2D eigenvalue weighted by Crippen LogP contribution is 1.86. The first-order chi connectivity index (χ1) is 5.91. The molecule has 0 aliphatic rings. The molecular weight excluding hydrogens is 152 g/mol. The summed E-state index contributed by atoms with van der Waals surface area (Å²) < 4.78 is 9.78. The van der Waals surface area contributed by atoms with Crippen molar-refractivity contribution < 1.29 is 9.47 Å². The largest absolute Gasteiger partial charge is 0.359 e. The van der Waals surface area contributed by atoms with Gasteiger partial charge in [-0.15, -0.1) is 0 Å². The maximum atomic E-state index is 5.07. The van der Waals surface area contributed by atoms with Crippen LogP contribution in [0.15, 0.2) is 37.0 Å². The topological polar surface area (TPSA) is 18.5 Å². The van der Waals surface area contributed by atoms with Gasteiger partial charge < -0.3 is 9.47 Å². The molecule has 68 valence electrons. The Kier molecular flexibility index (Phi) is 9.41. The van der Waals surface area contributed by atoms with Crippen LogP contribution in [0, 0.1) is 0 Å². The van der Waals surface area contributed by atoms with Gasteiger partial charge in [0.25, 0.3) is 0 Å². The molecule has 0 amide bonds. The molecule has 0 atom stereocenters. The lowest BCUT2D eigenvalue weighted by Crippen LogP contribution is -1.96. The van der Waals surface area contributed by atoms with E-state index in [2.05, 4.69) is 6.58 Å². The number of allylic oxidation sites excluding steroid dienone is 4. The summed E-state index contributed by atoms with van der Waals surface area (Å²) in [5.41, 5.74) is 0. The predicted octanol–water partition coefficient (Wildman–Crippen LogP) is 2.30. The molecule has 0 aliphatic carbocycles. The molecule has 0 unspecified atom stereocenters. The summed E-state index contributed by atoms with van der Waals surface area (Å²) >= 11 is 0. The van der Waals surface area contributed by atoms with Crippen LogP contribution in [0.1, 0.15) is 6.42 Å². The first kappa shape index (κ1) is 11.1. The van der Waals surface area contributed by atoms with Crippen molar-refractivity contribution in [2.45, 2.75) is 6.42 Å². The van der Waals surface area contributed by atoms with E-state index in [4.69, 9.17) is 9.47 Å². The molecule has 0 fully saturated rings. The Labute approximate surface area is 74.2 Å². The van der Waals surface area contributed by atoms with Crippen molar-refractivity contribution in [2.75, 3.05) is 20.5 Å². The highest BCUT2D eigenvalue weighted by molar-refractivity contribution is 5.08. The van der Waals surface area contributed by atoms with Crippen molar-refractivity contribution in [3.05, 3.63) is 37.0 Å². The first-order valence-electron chi connectivity index (χ1n) is 3.92. The van der Waals surface area contributed by atoms with Crippen molar-refractivity contribution in [3.8, 4) is 0 Å². The minimum atomic E-state index is 0.371. The Bertz CT molecular complexity index is 148. The second-order valence-corrected chi connectivity index (χ2v) is 2.15. The molecule has 0 bridgehead atoms. The molecule has 0 saturated carbocycles. The maximum absolute atomic E-state index is 5.07. The van der Waals surface area contributed by atoms with Crippen LogP contribution in [-0.4, -0.2) is 20.5 Å². The van der Waals surface area contributed by atoms with E-state index in [0.717, 1.165) is 6.42 Å². The monoisotopic (exact) mass is 168 g/mol. The van der Waals surface area contributed by atoms with E-state index in [1.165, 1.54) is 0 Å². The summed E-state index contributed by atoms with van der Waals surface area (Å²) in [6.45, 7) is 4.63. The van der Waals surface area contributed by atoms with Gasteiger partial charge in [0.15, 0.2) is 0 Å². The Hall–Kier alpha value is -0.860. The van der Waals surface area contributed by atoms with E-state index in [0.29, 0.717) is 13.4 Å². The molecule has 0 saturated heterocycles. The molecule has 0 N–H and O–H groups in total. The lowest BCUT2D eigenvalue weighted by Gasteiger charge is -1.97. The van der Waals surface area contributed by atoms with E-state index in [9.17, 15) is 0 Å². The molecule has 0 aromatic carbocycles. The third-order valence-electron chi connectivity index (χ3n) is 1.12. The zero-order valence-electron chi connectivity index (χ0n) is 7.53. The fraction of sp³-hybridized carbons (Fsp3) is 0.400. The summed E-state index contributed by atoms with van der Waals surface area (Å²) in [6, 6.07) is 0. The van der Waals surface area contributed by atoms with Crippen molar-refractivity contribution in [2.24, 2.45) is 0 Å². The minimum absolute atomic E-state index is 0.371. The average Bonchev–Trinajstić information content (AvgIpc) is 2.10. The van der Waals surface area contributed by atoms with E-state index in [1.54, 1.807) is 13.2 Å². The zero-order valence-corrected chi connectivity index (χ0v) is 7.53. The van der Waals surface area contributed by atoms with Crippen LogP contribution in [0.3, 0.4) is 0 Å². The van der Waals surface area contributed by atoms with E-state index in [-0.39, 0.29) is 0 Å². The highest BCUT2D eigenvalue weighted by atomic mass is 16.7. The zero-order chi connectivity index (χ0) is 9.07. The van der Waals surface area contributed by atoms with Gasteiger partial charge in [-0.3, -0.25) is 0 Å². The fourth-order valence-electron chi connectivity index (χ4n) is 0.611. The standard InChI is InChI=1S/C10H16O2/c1-3-4-5-6-7-8-9-12-10-11-2/h3-7H,1,8-10H2,2H3/b5-4-,7-6-. The van der Waals surface area contributed by atoms with Crippen LogP contribution >= 0.6 is 0 Å². The van der Waals surface area contributed by atoms with Crippen LogP contribution < -0.4 is 0 Å². The third-order valence-corrected chi connectivity index (χ3v) is 1.12. The molecular formula is C10H16O2. The van der Waals surface area contributed by atoms with Crippen molar-refractivity contribution in [1.82, 2.24) is 0 Å². The van der Waals surface area contributed by atoms with E-state index < -0.39 is 0 Å². The lowest BCUT2D eigenvalue weighted by molar-refractivity contribution is -0.0285.